The molecule has 0 bridgehead atoms. The van der Waals surface area contributed by atoms with Crippen molar-refractivity contribution in [1.82, 2.24) is 0 Å². The lowest BCUT2D eigenvalue weighted by Crippen LogP contribution is -2.28. The second-order valence-electron chi connectivity index (χ2n) is 8.05. The maximum atomic E-state index is 6.21. The zero-order valence-electron chi connectivity index (χ0n) is 16.7. The average Bonchev–Trinajstić information content (AvgIpc) is 2.60. The van der Waals surface area contributed by atoms with Crippen LogP contribution < -0.4 is 15.2 Å². The molecule has 0 aliphatic carbocycles. The number of fused-ring (bicyclic) bond motifs is 1. The van der Waals surface area contributed by atoms with Gasteiger partial charge in [0.2, 0.25) is 0 Å². The Bertz CT molecular complexity index is 910. The Morgan fingerprint density at radius 1 is 0.852 bits per heavy atom. The zero-order valence-corrected chi connectivity index (χ0v) is 16.7. The molecular formula is C24H29NO2. The predicted octanol–water partition coefficient (Wildman–Crippen LogP) is 6.25. The first-order valence-corrected chi connectivity index (χ1v) is 9.55. The molecule has 0 aromatic heterocycles. The van der Waals surface area contributed by atoms with Gasteiger partial charge in [-0.05, 0) is 72.9 Å². The molecule has 3 aromatic rings. The molecule has 0 fully saturated rings. The van der Waals surface area contributed by atoms with Crippen molar-refractivity contribution >= 4 is 10.8 Å². The van der Waals surface area contributed by atoms with Gasteiger partial charge < -0.3 is 15.2 Å². The largest absolute Gasteiger partial charge is 0.493 e. The first-order valence-electron chi connectivity index (χ1n) is 9.55. The minimum atomic E-state index is -0.348. The van der Waals surface area contributed by atoms with Crippen LogP contribution in [-0.4, -0.2) is 6.61 Å². The summed E-state index contributed by atoms with van der Waals surface area (Å²) in [5, 5.41) is 2.29. The summed E-state index contributed by atoms with van der Waals surface area (Å²) in [6.07, 6.45) is 1.04. The average molecular weight is 364 g/mol. The van der Waals surface area contributed by atoms with Crippen LogP contribution in [0.2, 0.25) is 0 Å². The Kier molecular flexibility index (Phi) is 5.71. The van der Waals surface area contributed by atoms with E-state index in [0.717, 1.165) is 46.6 Å². The Hall–Kier alpha value is -2.52. The molecule has 0 amide bonds. The van der Waals surface area contributed by atoms with Gasteiger partial charge in [-0.15, -0.1) is 0 Å². The van der Waals surface area contributed by atoms with Crippen LogP contribution in [0.3, 0.4) is 0 Å². The molecule has 0 aliphatic rings. The molecule has 3 aromatic carbocycles. The van der Waals surface area contributed by atoms with Gasteiger partial charge in [-0.1, -0.05) is 38.1 Å². The lowest BCUT2D eigenvalue weighted by molar-refractivity contribution is 0.288. The fourth-order valence-corrected chi connectivity index (χ4v) is 2.86. The second-order valence-corrected chi connectivity index (χ2v) is 8.05. The number of hydrogen-bond acceptors (Lipinski definition) is 3. The third-order valence-electron chi connectivity index (χ3n) is 4.56. The van der Waals surface area contributed by atoms with Crippen LogP contribution in [0, 0.1) is 5.92 Å². The number of hydrogen-bond donors (Lipinski definition) is 1. The van der Waals surface area contributed by atoms with Crippen LogP contribution in [0.25, 0.3) is 10.8 Å². The van der Waals surface area contributed by atoms with E-state index in [2.05, 4.69) is 44.2 Å². The van der Waals surface area contributed by atoms with E-state index in [4.69, 9.17) is 15.2 Å². The molecule has 3 rings (SSSR count). The van der Waals surface area contributed by atoms with E-state index in [0.29, 0.717) is 5.92 Å². The first kappa shape index (κ1) is 19.2. The van der Waals surface area contributed by atoms with Crippen LogP contribution in [-0.2, 0) is 5.54 Å². The highest BCUT2D eigenvalue weighted by Crippen LogP contribution is 2.30. The van der Waals surface area contributed by atoms with Crippen LogP contribution in [0.5, 0.6) is 17.2 Å². The van der Waals surface area contributed by atoms with Gasteiger partial charge in [0.1, 0.15) is 17.2 Å². The van der Waals surface area contributed by atoms with E-state index in [1.165, 1.54) is 0 Å². The summed E-state index contributed by atoms with van der Waals surface area (Å²) in [6, 6.07) is 20.2. The fraction of sp³-hybridized carbons (Fsp3) is 0.333. The van der Waals surface area contributed by atoms with E-state index >= 15 is 0 Å². The molecule has 27 heavy (non-hydrogen) atoms. The SMILES string of the molecule is CC(C)CCOc1cccc(Oc2ccc3cc(C(C)(C)N)ccc3c2)c1. The van der Waals surface area contributed by atoms with Crippen molar-refractivity contribution in [3.8, 4) is 17.2 Å². The summed E-state index contributed by atoms with van der Waals surface area (Å²) in [4.78, 5) is 0. The van der Waals surface area contributed by atoms with Gasteiger partial charge >= 0.3 is 0 Å². The van der Waals surface area contributed by atoms with Gasteiger partial charge in [0, 0.05) is 11.6 Å². The maximum Gasteiger partial charge on any atom is 0.131 e. The molecule has 2 N–H and O–H groups in total. The minimum Gasteiger partial charge on any atom is -0.493 e. The number of benzene rings is 3. The van der Waals surface area contributed by atoms with Crippen molar-refractivity contribution in [2.24, 2.45) is 11.7 Å². The number of nitrogens with two attached hydrogens (primary N) is 1. The normalized spacial score (nSPS) is 11.8. The van der Waals surface area contributed by atoms with E-state index in [1.807, 2.05) is 44.2 Å². The maximum absolute atomic E-state index is 6.21. The van der Waals surface area contributed by atoms with Crippen molar-refractivity contribution in [3.63, 3.8) is 0 Å². The van der Waals surface area contributed by atoms with Crippen molar-refractivity contribution < 1.29 is 9.47 Å². The molecule has 0 heterocycles. The van der Waals surface area contributed by atoms with E-state index in [9.17, 15) is 0 Å². The fourth-order valence-electron chi connectivity index (χ4n) is 2.86. The van der Waals surface area contributed by atoms with Gasteiger partial charge in [0.05, 0.1) is 6.61 Å². The predicted molar refractivity (Wildman–Crippen MR) is 113 cm³/mol. The van der Waals surface area contributed by atoms with E-state index < -0.39 is 0 Å². The van der Waals surface area contributed by atoms with Crippen molar-refractivity contribution in [1.29, 1.82) is 0 Å². The molecule has 3 heteroatoms. The van der Waals surface area contributed by atoms with Crippen molar-refractivity contribution in [2.75, 3.05) is 6.61 Å². The van der Waals surface area contributed by atoms with Crippen molar-refractivity contribution in [3.05, 3.63) is 66.2 Å². The Balaban J connectivity index is 1.74. The second kappa shape index (κ2) is 8.01. The summed E-state index contributed by atoms with van der Waals surface area (Å²) in [6.45, 7) is 9.14. The molecule has 0 saturated carbocycles. The molecule has 0 aliphatic heterocycles. The molecule has 0 saturated heterocycles. The highest BCUT2D eigenvalue weighted by atomic mass is 16.5. The summed E-state index contributed by atoms with van der Waals surface area (Å²) < 4.78 is 11.9. The summed E-state index contributed by atoms with van der Waals surface area (Å²) in [5.41, 5.74) is 6.98. The molecular weight excluding hydrogens is 334 g/mol. The monoisotopic (exact) mass is 363 g/mol. The van der Waals surface area contributed by atoms with Crippen LogP contribution in [0.1, 0.15) is 39.7 Å². The van der Waals surface area contributed by atoms with Crippen LogP contribution >= 0.6 is 0 Å². The molecule has 142 valence electrons. The Morgan fingerprint density at radius 3 is 2.26 bits per heavy atom. The molecule has 3 nitrogen and oxygen atoms in total. The van der Waals surface area contributed by atoms with Crippen LogP contribution in [0.4, 0.5) is 0 Å². The Morgan fingerprint density at radius 2 is 1.52 bits per heavy atom. The third kappa shape index (κ3) is 5.24. The van der Waals surface area contributed by atoms with Gasteiger partial charge in [0.15, 0.2) is 0 Å². The lowest BCUT2D eigenvalue weighted by Gasteiger charge is -2.19. The van der Waals surface area contributed by atoms with Crippen molar-refractivity contribution in [2.45, 2.75) is 39.7 Å². The number of rotatable bonds is 7. The highest BCUT2D eigenvalue weighted by molar-refractivity contribution is 5.84. The first-order chi connectivity index (χ1) is 12.8. The van der Waals surface area contributed by atoms with Crippen LogP contribution in [0.15, 0.2) is 60.7 Å². The van der Waals surface area contributed by atoms with Gasteiger partial charge in [-0.25, -0.2) is 0 Å². The summed E-state index contributed by atoms with van der Waals surface area (Å²) in [5.74, 6) is 3.05. The van der Waals surface area contributed by atoms with Gasteiger partial charge in [-0.2, -0.15) is 0 Å². The van der Waals surface area contributed by atoms with E-state index in [1.54, 1.807) is 0 Å². The quantitative estimate of drug-likeness (QED) is 0.539. The molecule has 0 atom stereocenters. The third-order valence-corrected chi connectivity index (χ3v) is 4.56. The Labute approximate surface area is 162 Å². The highest BCUT2D eigenvalue weighted by Gasteiger charge is 2.14. The smallest absolute Gasteiger partial charge is 0.131 e. The molecule has 0 unspecified atom stereocenters. The molecule has 0 spiro atoms. The molecule has 0 radical (unpaired) electrons. The van der Waals surface area contributed by atoms with Gasteiger partial charge in [-0.3, -0.25) is 0 Å². The number of ether oxygens (including phenoxy) is 2. The standard InChI is InChI=1S/C24H29NO2/c1-17(2)12-13-26-21-6-5-7-22(16-21)27-23-11-9-18-14-20(24(3,4)25)10-8-19(18)15-23/h5-11,14-17H,12-13,25H2,1-4H3. The van der Waals surface area contributed by atoms with E-state index in [-0.39, 0.29) is 5.54 Å². The van der Waals surface area contributed by atoms with Gasteiger partial charge in [0.25, 0.3) is 0 Å². The lowest BCUT2D eigenvalue weighted by atomic mass is 9.93. The zero-order chi connectivity index (χ0) is 19.4. The minimum absolute atomic E-state index is 0.348. The topological polar surface area (TPSA) is 44.5 Å². The summed E-state index contributed by atoms with van der Waals surface area (Å²) in [7, 11) is 0. The summed E-state index contributed by atoms with van der Waals surface area (Å²) >= 11 is 0.